The molecule has 12 rings (SSSR count). The number of nitrogens with zero attached hydrogens (tertiary/aromatic N) is 4. The third-order valence-electron chi connectivity index (χ3n) is 13.5. The second-order valence-corrected chi connectivity index (χ2v) is 17.7. The largest absolute Gasteiger partial charge is 0.233 e. The highest BCUT2D eigenvalue weighted by Gasteiger charge is 2.25. The molecule has 0 saturated heterocycles. The lowest BCUT2D eigenvalue weighted by Crippen LogP contribution is -2.08. The quantitative estimate of drug-likeness (QED) is 0.145. The number of aromatic nitrogens is 4. The van der Waals surface area contributed by atoms with Gasteiger partial charge in [0.15, 0.2) is 5.82 Å². The van der Waals surface area contributed by atoms with Crippen LogP contribution >= 0.6 is 0 Å². The van der Waals surface area contributed by atoms with E-state index in [-0.39, 0.29) is 5.92 Å². The van der Waals surface area contributed by atoms with Crippen LogP contribution in [0.1, 0.15) is 60.8 Å². The maximum Gasteiger partial charge on any atom is 0.156 e. The first-order chi connectivity index (χ1) is 33.2. The zero-order valence-electron chi connectivity index (χ0n) is 37.3. The summed E-state index contributed by atoms with van der Waals surface area (Å²) in [4.78, 5) is 10.3. The van der Waals surface area contributed by atoms with Gasteiger partial charge in [0.2, 0.25) is 0 Å². The number of pyridine rings is 1. The highest BCUT2D eigenvalue weighted by atomic mass is 15.2. The third kappa shape index (κ3) is 7.71. The molecule has 0 N–H and O–H groups in total. The molecule has 4 heteroatoms. The van der Waals surface area contributed by atoms with E-state index in [0.29, 0.717) is 0 Å². The number of benzene rings is 6. The summed E-state index contributed by atoms with van der Waals surface area (Å²) < 4.78 is 2.21. The number of rotatable bonds is 9. The maximum atomic E-state index is 5.54. The van der Waals surface area contributed by atoms with Gasteiger partial charge in [-0.2, -0.15) is 5.10 Å². The van der Waals surface area contributed by atoms with Crippen LogP contribution in [-0.2, 0) is 0 Å². The molecule has 3 aliphatic carbocycles. The molecule has 6 aromatic carbocycles. The van der Waals surface area contributed by atoms with Gasteiger partial charge in [-0.15, -0.1) is 0 Å². The molecule has 0 fully saturated rings. The Kier molecular flexibility index (Phi) is 10.6. The Morgan fingerprint density at radius 3 is 1.76 bits per heavy atom. The average molecular weight is 861 g/mol. The molecule has 0 bridgehead atoms. The highest BCUT2D eigenvalue weighted by molar-refractivity contribution is 6.15. The lowest BCUT2D eigenvalue weighted by atomic mass is 9.90. The van der Waals surface area contributed by atoms with Gasteiger partial charge in [0.25, 0.3) is 0 Å². The van der Waals surface area contributed by atoms with Crippen LogP contribution in [0.3, 0.4) is 0 Å². The molecule has 1 unspecified atom stereocenters. The van der Waals surface area contributed by atoms with Gasteiger partial charge in [-0.1, -0.05) is 218 Å². The molecule has 67 heavy (non-hydrogen) atoms. The molecule has 0 spiro atoms. The van der Waals surface area contributed by atoms with Crippen LogP contribution in [0, 0.1) is 0 Å². The summed E-state index contributed by atoms with van der Waals surface area (Å²) in [5.74, 6) is 1.12. The summed E-state index contributed by atoms with van der Waals surface area (Å²) >= 11 is 0. The summed E-state index contributed by atoms with van der Waals surface area (Å²) in [6.45, 7) is 0. The lowest BCUT2D eigenvalue weighted by molar-refractivity contribution is 0.799. The summed E-state index contributed by atoms with van der Waals surface area (Å²) in [6, 6.07) is 61.2. The number of allylic oxidation sites excluding steroid dienone is 12. The zero-order valence-corrected chi connectivity index (χ0v) is 37.3. The van der Waals surface area contributed by atoms with Crippen molar-refractivity contribution in [2.75, 3.05) is 0 Å². The monoisotopic (exact) mass is 860 g/mol. The van der Waals surface area contributed by atoms with E-state index in [4.69, 9.17) is 15.1 Å². The fourth-order valence-corrected chi connectivity index (χ4v) is 10.1. The third-order valence-corrected chi connectivity index (χ3v) is 13.5. The van der Waals surface area contributed by atoms with Crippen LogP contribution in [-0.4, -0.2) is 19.6 Å². The van der Waals surface area contributed by atoms with Crippen LogP contribution in [0.4, 0.5) is 0 Å². The fraction of sp³-hybridized carbons (Fsp3) is 0.0952. The average Bonchev–Trinajstić information content (AvgIpc) is 3.83. The maximum absolute atomic E-state index is 5.54. The molecule has 0 amide bonds. The van der Waals surface area contributed by atoms with Gasteiger partial charge in [0.05, 0.1) is 22.6 Å². The summed E-state index contributed by atoms with van der Waals surface area (Å²) in [5.41, 5.74) is 19.4. The summed E-state index contributed by atoms with van der Waals surface area (Å²) in [6.07, 6.45) is 25.0. The second kappa shape index (κ2) is 17.6. The Hall–Kier alpha value is -8.21. The molecular weight excluding hydrogens is 813 g/mol. The van der Waals surface area contributed by atoms with E-state index in [9.17, 15) is 0 Å². The van der Waals surface area contributed by atoms with Crippen LogP contribution in [0.25, 0.3) is 88.9 Å². The second-order valence-electron chi connectivity index (χ2n) is 17.7. The van der Waals surface area contributed by atoms with Gasteiger partial charge in [-0.3, -0.25) is 0 Å². The molecular formula is C63H48N4. The van der Waals surface area contributed by atoms with E-state index in [0.717, 1.165) is 99.6 Å². The predicted octanol–water partition coefficient (Wildman–Crippen LogP) is 16.2. The zero-order chi connectivity index (χ0) is 44.5. The van der Waals surface area contributed by atoms with Gasteiger partial charge >= 0.3 is 0 Å². The summed E-state index contributed by atoms with van der Waals surface area (Å²) in [7, 11) is 0. The molecule has 320 valence electrons. The van der Waals surface area contributed by atoms with Crippen LogP contribution in [0.5, 0.6) is 0 Å². The van der Waals surface area contributed by atoms with E-state index in [1.54, 1.807) is 0 Å². The Balaban J connectivity index is 0.892. The van der Waals surface area contributed by atoms with Crippen molar-refractivity contribution < 1.29 is 0 Å². The van der Waals surface area contributed by atoms with Crippen molar-refractivity contribution in [2.45, 2.75) is 38.0 Å². The van der Waals surface area contributed by atoms with E-state index in [1.165, 1.54) is 44.2 Å². The van der Waals surface area contributed by atoms with Crippen molar-refractivity contribution in [1.82, 2.24) is 19.6 Å². The first-order valence-electron chi connectivity index (χ1n) is 23.6. The first-order valence-corrected chi connectivity index (χ1v) is 23.6. The van der Waals surface area contributed by atoms with Crippen molar-refractivity contribution in [3.8, 4) is 55.9 Å². The molecule has 0 saturated carbocycles. The number of hydrogen-bond acceptors (Lipinski definition) is 3. The van der Waals surface area contributed by atoms with Gasteiger partial charge in [-0.05, 0) is 88.1 Å². The molecule has 1 atom stereocenters. The smallest absolute Gasteiger partial charge is 0.156 e. The number of fused-ring (bicyclic) bond motifs is 3. The molecule has 4 nitrogen and oxygen atoms in total. The van der Waals surface area contributed by atoms with Crippen molar-refractivity contribution in [2.24, 2.45) is 0 Å². The fourth-order valence-electron chi connectivity index (χ4n) is 10.1. The Bertz CT molecular complexity index is 3490. The Morgan fingerprint density at radius 2 is 1.10 bits per heavy atom. The van der Waals surface area contributed by atoms with Gasteiger partial charge in [0, 0.05) is 33.6 Å². The van der Waals surface area contributed by atoms with Crippen molar-refractivity contribution in [3.63, 3.8) is 0 Å². The van der Waals surface area contributed by atoms with Crippen molar-refractivity contribution in [1.29, 1.82) is 0 Å². The van der Waals surface area contributed by atoms with E-state index in [1.807, 2.05) is 0 Å². The minimum atomic E-state index is 0.268. The van der Waals surface area contributed by atoms with Crippen molar-refractivity contribution in [3.05, 3.63) is 247 Å². The minimum Gasteiger partial charge on any atom is -0.233 e. The first kappa shape index (κ1) is 40.3. The van der Waals surface area contributed by atoms with Gasteiger partial charge in [-0.25, -0.2) is 14.5 Å². The van der Waals surface area contributed by atoms with Crippen LogP contribution in [0.2, 0.25) is 0 Å². The summed E-state index contributed by atoms with van der Waals surface area (Å²) in [5, 5.41) is 7.90. The standard InChI is InChI=1S/C63H48N4/c1-6-18-47(19-7-1)56-42-57(48-20-8-2-9-21-48)65-63(64-56)53-40-36-46(37-41-53)44-32-30-43(31-33-44)45-34-38-50(39-35-45)58-54-28-16-17-29-55(54)62-59(49-22-10-3-11-23-49)60(51-24-12-4-13-25-51)66-67(62)61(58)52-26-14-5-15-27-52/h1,3-8,10-18,20-36,38-40,42,47H,2,9,19,37,41H2. The lowest BCUT2D eigenvalue weighted by Gasteiger charge is -2.19. The van der Waals surface area contributed by atoms with Gasteiger partial charge < -0.3 is 0 Å². The Morgan fingerprint density at radius 1 is 0.493 bits per heavy atom. The van der Waals surface area contributed by atoms with Crippen molar-refractivity contribution >= 4 is 33.0 Å². The van der Waals surface area contributed by atoms with Crippen LogP contribution < -0.4 is 0 Å². The number of hydrogen-bond donors (Lipinski definition) is 0. The van der Waals surface area contributed by atoms with Crippen LogP contribution in [0.15, 0.2) is 225 Å². The molecule has 0 radical (unpaired) electrons. The van der Waals surface area contributed by atoms with E-state index < -0.39 is 0 Å². The highest BCUT2D eigenvalue weighted by Crippen LogP contribution is 2.46. The molecule has 0 aliphatic heterocycles. The molecule has 3 aliphatic rings. The molecule has 9 aromatic rings. The molecule has 3 aromatic heterocycles. The molecule has 3 heterocycles. The SMILES string of the molecule is C1=CCC(c2cc(C3=CCCC=C3)nc(C3=CC=C(c4ccc(-c5ccc(-c6c(-c7ccccc7)n7nc(-c8ccccc8)c(-c8ccccc8)c7c7ccccc67)cc5)cc4)CC3)n2)C=C1. The van der Waals surface area contributed by atoms with E-state index in [2.05, 4.69) is 229 Å². The minimum absolute atomic E-state index is 0.268. The van der Waals surface area contributed by atoms with E-state index >= 15 is 0 Å². The predicted molar refractivity (Wildman–Crippen MR) is 279 cm³/mol. The topological polar surface area (TPSA) is 43.1 Å². The normalized spacial score (nSPS) is 15.7. The van der Waals surface area contributed by atoms with Gasteiger partial charge in [0.1, 0.15) is 5.69 Å². The Labute approximate surface area is 392 Å².